The molecule has 8 heteroatoms. The second-order valence-corrected chi connectivity index (χ2v) is 7.89. The zero-order valence-electron chi connectivity index (χ0n) is 15.6. The van der Waals surface area contributed by atoms with Crippen LogP contribution in [0.3, 0.4) is 0 Å². The molecule has 0 radical (unpaired) electrons. The van der Waals surface area contributed by atoms with Crippen LogP contribution in [0.15, 0.2) is 71.7 Å². The summed E-state index contributed by atoms with van der Waals surface area (Å²) >= 11 is 3.43. The minimum Gasteiger partial charge on any atom is -0.347 e. The fourth-order valence-electron chi connectivity index (χ4n) is 3.50. The molecule has 1 aromatic heterocycles. The summed E-state index contributed by atoms with van der Waals surface area (Å²) < 4.78 is 2.58. The summed E-state index contributed by atoms with van der Waals surface area (Å²) in [4.78, 5) is 31.2. The first-order valence-corrected chi connectivity index (χ1v) is 10.1. The SMILES string of the molecule is O=C(NC(Cn1cncn1)c1ccccc1)C1CC(=O)N(c2cccc(Br)c2)C1. The summed E-state index contributed by atoms with van der Waals surface area (Å²) in [7, 11) is 0. The molecule has 148 valence electrons. The van der Waals surface area contributed by atoms with E-state index >= 15 is 0 Å². The number of anilines is 1. The maximum absolute atomic E-state index is 13.0. The number of nitrogens with zero attached hydrogens (tertiary/aromatic N) is 4. The number of hydrogen-bond acceptors (Lipinski definition) is 4. The molecule has 1 saturated heterocycles. The average molecular weight is 454 g/mol. The maximum Gasteiger partial charge on any atom is 0.227 e. The largest absolute Gasteiger partial charge is 0.347 e. The van der Waals surface area contributed by atoms with E-state index < -0.39 is 5.92 Å². The van der Waals surface area contributed by atoms with Crippen molar-refractivity contribution < 1.29 is 9.59 Å². The fraction of sp³-hybridized carbons (Fsp3) is 0.238. The molecule has 1 aliphatic heterocycles. The van der Waals surface area contributed by atoms with Crippen molar-refractivity contribution in [3.8, 4) is 0 Å². The Morgan fingerprint density at radius 3 is 2.76 bits per heavy atom. The van der Waals surface area contributed by atoms with Crippen LogP contribution in [0.5, 0.6) is 0 Å². The first-order valence-electron chi connectivity index (χ1n) is 9.34. The Bertz CT molecular complexity index is 993. The lowest BCUT2D eigenvalue weighted by Gasteiger charge is -2.21. The number of hydrogen-bond donors (Lipinski definition) is 1. The lowest BCUT2D eigenvalue weighted by molar-refractivity contribution is -0.127. The average Bonchev–Trinajstić information content (AvgIpc) is 3.38. The van der Waals surface area contributed by atoms with Gasteiger partial charge >= 0.3 is 0 Å². The van der Waals surface area contributed by atoms with E-state index in [0.29, 0.717) is 13.1 Å². The van der Waals surface area contributed by atoms with Gasteiger partial charge in [0.15, 0.2) is 0 Å². The van der Waals surface area contributed by atoms with Crippen LogP contribution in [0.1, 0.15) is 18.0 Å². The van der Waals surface area contributed by atoms with E-state index in [1.165, 1.54) is 6.33 Å². The fourth-order valence-corrected chi connectivity index (χ4v) is 3.89. The van der Waals surface area contributed by atoms with Gasteiger partial charge in [0.25, 0.3) is 0 Å². The van der Waals surface area contributed by atoms with E-state index in [0.717, 1.165) is 15.7 Å². The molecular formula is C21H20BrN5O2. The van der Waals surface area contributed by atoms with Crippen molar-refractivity contribution >= 4 is 33.4 Å². The second kappa shape index (κ2) is 8.57. The van der Waals surface area contributed by atoms with Gasteiger partial charge in [-0.2, -0.15) is 5.10 Å². The van der Waals surface area contributed by atoms with Gasteiger partial charge in [-0.05, 0) is 23.8 Å². The minimum absolute atomic E-state index is 0.0456. The van der Waals surface area contributed by atoms with Gasteiger partial charge in [0.2, 0.25) is 11.8 Å². The summed E-state index contributed by atoms with van der Waals surface area (Å²) in [6, 6.07) is 17.0. The normalized spacial score (nSPS) is 17.3. The molecule has 2 heterocycles. The van der Waals surface area contributed by atoms with Crippen molar-refractivity contribution in [2.24, 2.45) is 5.92 Å². The number of rotatable bonds is 6. The van der Waals surface area contributed by atoms with Crippen LogP contribution >= 0.6 is 15.9 Å². The second-order valence-electron chi connectivity index (χ2n) is 6.97. The van der Waals surface area contributed by atoms with Gasteiger partial charge in [0.1, 0.15) is 12.7 Å². The van der Waals surface area contributed by atoms with Gasteiger partial charge in [-0.3, -0.25) is 14.3 Å². The molecule has 0 spiro atoms. The molecule has 29 heavy (non-hydrogen) atoms. The van der Waals surface area contributed by atoms with Crippen molar-refractivity contribution in [1.82, 2.24) is 20.1 Å². The first kappa shape index (κ1) is 19.3. The number of aromatic nitrogens is 3. The van der Waals surface area contributed by atoms with Crippen molar-refractivity contribution in [2.75, 3.05) is 11.4 Å². The third kappa shape index (κ3) is 4.54. The Labute approximate surface area is 176 Å². The van der Waals surface area contributed by atoms with Crippen LogP contribution in [0.25, 0.3) is 0 Å². The smallest absolute Gasteiger partial charge is 0.227 e. The van der Waals surface area contributed by atoms with E-state index in [1.807, 2.05) is 54.6 Å². The molecule has 2 aromatic carbocycles. The molecule has 2 atom stereocenters. The highest BCUT2D eigenvalue weighted by molar-refractivity contribution is 9.10. The van der Waals surface area contributed by atoms with Gasteiger partial charge < -0.3 is 10.2 Å². The molecule has 1 fully saturated rings. The topological polar surface area (TPSA) is 80.1 Å². The van der Waals surface area contributed by atoms with Crippen LogP contribution in [0, 0.1) is 5.92 Å². The van der Waals surface area contributed by atoms with E-state index in [2.05, 4.69) is 31.3 Å². The van der Waals surface area contributed by atoms with Gasteiger partial charge in [-0.15, -0.1) is 0 Å². The highest BCUT2D eigenvalue weighted by Crippen LogP contribution is 2.28. The molecule has 2 amide bonds. The summed E-state index contributed by atoms with van der Waals surface area (Å²) in [6.45, 7) is 0.831. The molecule has 0 saturated carbocycles. The van der Waals surface area contributed by atoms with Crippen molar-refractivity contribution in [3.05, 3.63) is 77.3 Å². The predicted octanol–water partition coefficient (Wildman–Crippen LogP) is 2.95. The molecule has 0 bridgehead atoms. The lowest BCUT2D eigenvalue weighted by Crippen LogP contribution is -2.37. The van der Waals surface area contributed by atoms with Crippen molar-refractivity contribution in [3.63, 3.8) is 0 Å². The number of benzene rings is 2. The summed E-state index contributed by atoms with van der Waals surface area (Å²) in [5.74, 6) is -0.580. The Morgan fingerprint density at radius 2 is 2.03 bits per heavy atom. The summed E-state index contributed by atoms with van der Waals surface area (Å²) in [5.41, 5.74) is 1.77. The van der Waals surface area contributed by atoms with Crippen LogP contribution in [0.2, 0.25) is 0 Å². The zero-order valence-corrected chi connectivity index (χ0v) is 17.2. The Hall–Kier alpha value is -3.00. The number of carbonyl (C=O) groups is 2. The zero-order chi connectivity index (χ0) is 20.2. The standard InChI is InChI=1S/C21H20BrN5O2/c22-17-7-4-8-18(10-17)27-11-16(9-20(27)28)21(29)25-19(12-26-14-23-13-24-26)15-5-2-1-3-6-15/h1-8,10,13-14,16,19H,9,11-12H2,(H,25,29). The lowest BCUT2D eigenvalue weighted by atomic mass is 10.0. The molecule has 7 nitrogen and oxygen atoms in total. The van der Waals surface area contributed by atoms with Crippen molar-refractivity contribution in [2.45, 2.75) is 19.0 Å². The van der Waals surface area contributed by atoms with E-state index in [-0.39, 0.29) is 24.3 Å². The molecule has 1 N–H and O–H groups in total. The maximum atomic E-state index is 13.0. The minimum atomic E-state index is -0.400. The van der Waals surface area contributed by atoms with E-state index in [1.54, 1.807) is 15.9 Å². The van der Waals surface area contributed by atoms with Crippen LogP contribution < -0.4 is 10.2 Å². The van der Waals surface area contributed by atoms with Gasteiger partial charge in [-0.1, -0.05) is 52.3 Å². The molecule has 2 unspecified atom stereocenters. The van der Waals surface area contributed by atoms with Crippen LogP contribution in [0.4, 0.5) is 5.69 Å². The third-order valence-corrected chi connectivity index (χ3v) is 5.46. The van der Waals surface area contributed by atoms with Crippen LogP contribution in [-0.4, -0.2) is 33.1 Å². The highest BCUT2D eigenvalue weighted by atomic mass is 79.9. The monoisotopic (exact) mass is 453 g/mol. The van der Waals surface area contributed by atoms with E-state index in [4.69, 9.17) is 0 Å². The van der Waals surface area contributed by atoms with Gasteiger partial charge in [-0.25, -0.2) is 4.98 Å². The third-order valence-electron chi connectivity index (χ3n) is 4.97. The van der Waals surface area contributed by atoms with Crippen molar-refractivity contribution in [1.29, 1.82) is 0 Å². The predicted molar refractivity (Wildman–Crippen MR) is 112 cm³/mol. The van der Waals surface area contributed by atoms with Gasteiger partial charge in [0, 0.05) is 23.1 Å². The number of carbonyl (C=O) groups excluding carboxylic acids is 2. The number of amides is 2. The Balaban J connectivity index is 1.48. The number of nitrogens with one attached hydrogen (secondary N) is 1. The molecule has 4 rings (SSSR count). The number of halogens is 1. The summed E-state index contributed by atoms with van der Waals surface area (Å²) in [6.07, 6.45) is 3.29. The first-order chi connectivity index (χ1) is 14.1. The highest BCUT2D eigenvalue weighted by Gasteiger charge is 2.36. The quantitative estimate of drug-likeness (QED) is 0.621. The van der Waals surface area contributed by atoms with E-state index in [9.17, 15) is 9.59 Å². The molecule has 0 aliphatic carbocycles. The molecular weight excluding hydrogens is 434 g/mol. The van der Waals surface area contributed by atoms with Gasteiger partial charge in [0.05, 0.1) is 18.5 Å². The molecule has 3 aromatic rings. The Morgan fingerprint density at radius 1 is 1.21 bits per heavy atom. The Kier molecular flexibility index (Phi) is 5.71. The summed E-state index contributed by atoms with van der Waals surface area (Å²) in [5, 5.41) is 7.25. The van der Waals surface area contributed by atoms with Crippen LogP contribution in [-0.2, 0) is 16.1 Å². The molecule has 1 aliphatic rings.